The molecule has 0 bridgehead atoms. The molecule has 27 heavy (non-hydrogen) atoms. The number of benzene rings is 1. The van der Waals surface area contributed by atoms with E-state index in [0.717, 1.165) is 24.8 Å². The van der Waals surface area contributed by atoms with Crippen LogP contribution in [0.1, 0.15) is 31.2 Å². The Balaban J connectivity index is 1.67. The van der Waals surface area contributed by atoms with E-state index in [-0.39, 0.29) is 17.4 Å². The summed E-state index contributed by atoms with van der Waals surface area (Å²) in [7, 11) is 1.67. The van der Waals surface area contributed by atoms with Crippen LogP contribution in [0.15, 0.2) is 30.3 Å². The van der Waals surface area contributed by atoms with Crippen LogP contribution in [0.5, 0.6) is 0 Å². The molecule has 0 radical (unpaired) electrons. The maximum atomic E-state index is 12.9. The highest BCUT2D eigenvalue weighted by atomic mass is 16.5. The van der Waals surface area contributed by atoms with Gasteiger partial charge >= 0.3 is 0 Å². The van der Waals surface area contributed by atoms with Gasteiger partial charge in [-0.15, -0.1) is 0 Å². The standard InChI is InChI=1S/C21H30N2O4/c1-26-14-5-12-23-20(25)10-13-22(16-21(23)11-15-27-17-21)19(24)9-8-18-6-3-2-4-7-18/h2-4,6-7H,5,8-17H2,1H3. The van der Waals surface area contributed by atoms with Crippen LogP contribution < -0.4 is 0 Å². The highest BCUT2D eigenvalue weighted by molar-refractivity contribution is 5.81. The second-order valence-corrected chi connectivity index (χ2v) is 7.47. The van der Waals surface area contributed by atoms with E-state index in [1.165, 1.54) is 0 Å². The van der Waals surface area contributed by atoms with Gasteiger partial charge < -0.3 is 19.3 Å². The summed E-state index contributed by atoms with van der Waals surface area (Å²) in [4.78, 5) is 29.5. The molecule has 1 aromatic rings. The average Bonchev–Trinajstić information content (AvgIpc) is 3.11. The summed E-state index contributed by atoms with van der Waals surface area (Å²) in [6.07, 6.45) is 3.16. The summed E-state index contributed by atoms with van der Waals surface area (Å²) in [5.74, 6) is 0.242. The Labute approximate surface area is 161 Å². The van der Waals surface area contributed by atoms with Crippen LogP contribution in [-0.2, 0) is 25.5 Å². The highest BCUT2D eigenvalue weighted by Gasteiger charge is 2.46. The molecular weight excluding hydrogens is 344 g/mol. The van der Waals surface area contributed by atoms with Crippen molar-refractivity contribution in [1.82, 2.24) is 9.80 Å². The zero-order chi connectivity index (χ0) is 19.1. The molecular formula is C21H30N2O4. The number of carbonyl (C=O) groups excluding carboxylic acids is 2. The Morgan fingerprint density at radius 2 is 2.11 bits per heavy atom. The molecule has 0 saturated carbocycles. The van der Waals surface area contributed by atoms with Crippen LogP contribution in [0, 0.1) is 0 Å². The van der Waals surface area contributed by atoms with Crippen molar-refractivity contribution in [2.45, 2.75) is 37.6 Å². The molecule has 1 aromatic carbocycles. The molecule has 2 heterocycles. The van der Waals surface area contributed by atoms with Crippen LogP contribution in [0.4, 0.5) is 0 Å². The summed E-state index contributed by atoms with van der Waals surface area (Å²) in [6.45, 7) is 3.49. The number of hydrogen-bond acceptors (Lipinski definition) is 4. The van der Waals surface area contributed by atoms with Gasteiger partial charge in [0.05, 0.1) is 12.1 Å². The van der Waals surface area contributed by atoms with Gasteiger partial charge in [0.15, 0.2) is 0 Å². The molecule has 3 rings (SSSR count). The Hall–Kier alpha value is -1.92. The van der Waals surface area contributed by atoms with Gasteiger partial charge in [-0.05, 0) is 24.8 Å². The number of aryl methyl sites for hydroxylation is 1. The van der Waals surface area contributed by atoms with Gasteiger partial charge in [-0.2, -0.15) is 0 Å². The van der Waals surface area contributed by atoms with Crippen molar-refractivity contribution >= 4 is 11.8 Å². The molecule has 6 heteroatoms. The molecule has 2 aliphatic heterocycles. The van der Waals surface area contributed by atoms with Crippen molar-refractivity contribution in [3.63, 3.8) is 0 Å². The maximum Gasteiger partial charge on any atom is 0.224 e. The summed E-state index contributed by atoms with van der Waals surface area (Å²) in [5.41, 5.74) is 0.779. The summed E-state index contributed by atoms with van der Waals surface area (Å²) < 4.78 is 10.8. The normalized spacial score (nSPS) is 23.1. The molecule has 6 nitrogen and oxygen atoms in total. The lowest BCUT2D eigenvalue weighted by atomic mass is 9.95. The topological polar surface area (TPSA) is 59.1 Å². The Morgan fingerprint density at radius 3 is 2.81 bits per heavy atom. The Morgan fingerprint density at radius 1 is 1.30 bits per heavy atom. The highest BCUT2D eigenvalue weighted by Crippen LogP contribution is 2.31. The third-order valence-electron chi connectivity index (χ3n) is 5.59. The lowest BCUT2D eigenvalue weighted by Gasteiger charge is -2.40. The number of nitrogens with zero attached hydrogens (tertiary/aromatic N) is 2. The molecule has 1 unspecified atom stereocenters. The van der Waals surface area contributed by atoms with Crippen molar-refractivity contribution in [1.29, 1.82) is 0 Å². The molecule has 0 aliphatic carbocycles. The number of hydrogen-bond donors (Lipinski definition) is 0. The maximum absolute atomic E-state index is 12.9. The van der Waals surface area contributed by atoms with Gasteiger partial charge in [0.25, 0.3) is 0 Å². The first kappa shape index (κ1) is 19.8. The first-order valence-electron chi connectivity index (χ1n) is 9.83. The summed E-state index contributed by atoms with van der Waals surface area (Å²) in [5, 5.41) is 0. The number of rotatable bonds is 7. The molecule has 148 valence electrons. The van der Waals surface area contributed by atoms with Crippen LogP contribution in [0.3, 0.4) is 0 Å². The lowest BCUT2D eigenvalue weighted by Crippen LogP contribution is -2.57. The van der Waals surface area contributed by atoms with E-state index in [9.17, 15) is 9.59 Å². The van der Waals surface area contributed by atoms with Crippen molar-refractivity contribution in [3.8, 4) is 0 Å². The molecule has 1 atom stereocenters. The van der Waals surface area contributed by atoms with Gasteiger partial charge in [0.2, 0.25) is 11.8 Å². The quantitative estimate of drug-likeness (QED) is 0.684. The molecule has 0 N–H and O–H groups in total. The first-order valence-corrected chi connectivity index (χ1v) is 9.83. The number of carbonyl (C=O) groups is 2. The third-order valence-corrected chi connectivity index (χ3v) is 5.59. The van der Waals surface area contributed by atoms with Gasteiger partial charge in [0, 0.05) is 52.8 Å². The summed E-state index contributed by atoms with van der Waals surface area (Å²) in [6, 6.07) is 10.1. The molecule has 2 fully saturated rings. The van der Waals surface area contributed by atoms with Crippen molar-refractivity contribution in [3.05, 3.63) is 35.9 Å². The fourth-order valence-corrected chi connectivity index (χ4v) is 4.08. The minimum Gasteiger partial charge on any atom is -0.385 e. The first-order chi connectivity index (χ1) is 13.1. The smallest absolute Gasteiger partial charge is 0.224 e. The second-order valence-electron chi connectivity index (χ2n) is 7.47. The molecule has 1 spiro atoms. The van der Waals surface area contributed by atoms with E-state index in [1.54, 1.807) is 7.11 Å². The molecule has 2 aliphatic rings. The van der Waals surface area contributed by atoms with Gasteiger partial charge in [-0.25, -0.2) is 0 Å². The van der Waals surface area contributed by atoms with E-state index in [4.69, 9.17) is 9.47 Å². The van der Waals surface area contributed by atoms with E-state index in [0.29, 0.717) is 52.3 Å². The second kappa shape index (κ2) is 9.33. The Kier molecular flexibility index (Phi) is 6.85. The van der Waals surface area contributed by atoms with Gasteiger partial charge in [-0.3, -0.25) is 9.59 Å². The number of ether oxygens (including phenoxy) is 2. The minimum absolute atomic E-state index is 0.120. The van der Waals surface area contributed by atoms with Gasteiger partial charge in [-0.1, -0.05) is 30.3 Å². The Bertz CT molecular complexity index is 628. The molecule has 2 saturated heterocycles. The monoisotopic (exact) mass is 374 g/mol. The lowest BCUT2D eigenvalue weighted by molar-refractivity contribution is -0.138. The fourth-order valence-electron chi connectivity index (χ4n) is 4.08. The van der Waals surface area contributed by atoms with Crippen LogP contribution in [-0.4, -0.2) is 73.7 Å². The summed E-state index contributed by atoms with van der Waals surface area (Å²) >= 11 is 0. The number of methoxy groups -OCH3 is 1. The van der Waals surface area contributed by atoms with Crippen molar-refractivity contribution in [2.75, 3.05) is 46.6 Å². The van der Waals surface area contributed by atoms with E-state index < -0.39 is 0 Å². The predicted molar refractivity (Wildman–Crippen MR) is 102 cm³/mol. The van der Waals surface area contributed by atoms with Crippen molar-refractivity contribution in [2.24, 2.45) is 0 Å². The van der Waals surface area contributed by atoms with Crippen LogP contribution in [0.2, 0.25) is 0 Å². The zero-order valence-electron chi connectivity index (χ0n) is 16.2. The minimum atomic E-state index is -0.385. The van der Waals surface area contributed by atoms with E-state index in [1.807, 2.05) is 40.1 Å². The fraction of sp³-hybridized carbons (Fsp3) is 0.619. The number of amides is 2. The SMILES string of the molecule is COCCCN1C(=O)CCN(C(=O)CCc2ccccc2)CC12CCOC2. The van der Waals surface area contributed by atoms with Crippen LogP contribution in [0.25, 0.3) is 0 Å². The largest absolute Gasteiger partial charge is 0.385 e. The van der Waals surface area contributed by atoms with E-state index in [2.05, 4.69) is 0 Å². The molecule has 0 aromatic heterocycles. The molecule has 2 amide bonds. The van der Waals surface area contributed by atoms with Crippen molar-refractivity contribution < 1.29 is 19.1 Å². The average molecular weight is 374 g/mol. The van der Waals surface area contributed by atoms with Crippen LogP contribution >= 0.6 is 0 Å². The third kappa shape index (κ3) is 4.87. The van der Waals surface area contributed by atoms with Gasteiger partial charge in [0.1, 0.15) is 0 Å². The van der Waals surface area contributed by atoms with E-state index >= 15 is 0 Å². The zero-order valence-corrected chi connectivity index (χ0v) is 16.2. The predicted octanol–water partition coefficient (Wildman–Crippen LogP) is 1.88.